The molecular formula is C28H28N2O5. The van der Waals surface area contributed by atoms with Crippen LogP contribution >= 0.6 is 0 Å². The molecule has 7 nitrogen and oxygen atoms in total. The van der Waals surface area contributed by atoms with Crippen molar-refractivity contribution in [3.8, 4) is 17.6 Å². The van der Waals surface area contributed by atoms with Crippen LogP contribution in [0.15, 0.2) is 76.9 Å². The van der Waals surface area contributed by atoms with E-state index in [9.17, 15) is 14.9 Å². The predicted octanol–water partition coefficient (Wildman–Crippen LogP) is 5.17. The Labute approximate surface area is 205 Å². The average molecular weight is 473 g/mol. The van der Waals surface area contributed by atoms with E-state index in [2.05, 4.69) is 26.1 Å². The van der Waals surface area contributed by atoms with Gasteiger partial charge in [0.2, 0.25) is 0 Å². The van der Waals surface area contributed by atoms with Crippen molar-refractivity contribution in [1.29, 1.82) is 5.26 Å². The lowest BCUT2D eigenvalue weighted by atomic mass is 9.87. The molecule has 35 heavy (non-hydrogen) atoms. The summed E-state index contributed by atoms with van der Waals surface area (Å²) >= 11 is 0. The average Bonchev–Trinajstić information content (AvgIpc) is 3.35. The molecule has 0 spiro atoms. The molecule has 1 unspecified atom stereocenters. The third-order valence-corrected chi connectivity index (χ3v) is 5.14. The summed E-state index contributed by atoms with van der Waals surface area (Å²) in [5.74, 6) is 0.440. The molecule has 1 N–H and O–H groups in total. The van der Waals surface area contributed by atoms with E-state index in [1.165, 1.54) is 17.9 Å². The summed E-state index contributed by atoms with van der Waals surface area (Å²) in [6, 6.07) is 19.4. The monoisotopic (exact) mass is 472 g/mol. The number of carbonyl (C=O) groups excluding carboxylic acids is 2. The van der Waals surface area contributed by atoms with Crippen molar-refractivity contribution in [3.63, 3.8) is 0 Å². The van der Waals surface area contributed by atoms with Crippen LogP contribution in [0.25, 0.3) is 6.08 Å². The van der Waals surface area contributed by atoms with E-state index < -0.39 is 18.0 Å². The molecule has 1 heterocycles. The number of furan rings is 1. The van der Waals surface area contributed by atoms with Crippen LogP contribution in [0.1, 0.15) is 44.6 Å². The van der Waals surface area contributed by atoms with Crippen molar-refractivity contribution in [2.24, 2.45) is 0 Å². The number of nitriles is 1. The minimum absolute atomic E-state index is 0.0299. The van der Waals surface area contributed by atoms with Crippen molar-refractivity contribution < 1.29 is 23.5 Å². The molecule has 7 heteroatoms. The van der Waals surface area contributed by atoms with E-state index in [-0.39, 0.29) is 17.5 Å². The lowest BCUT2D eigenvalue weighted by molar-refractivity contribution is -0.141. The number of nitrogens with zero attached hydrogens (tertiary/aromatic N) is 1. The molecule has 0 bridgehead atoms. The van der Waals surface area contributed by atoms with Gasteiger partial charge in [0.1, 0.15) is 28.9 Å². The Bertz CT molecular complexity index is 1210. The van der Waals surface area contributed by atoms with Gasteiger partial charge in [-0.2, -0.15) is 5.26 Å². The summed E-state index contributed by atoms with van der Waals surface area (Å²) in [7, 11) is 0. The van der Waals surface area contributed by atoms with Crippen LogP contribution < -0.4 is 14.8 Å². The van der Waals surface area contributed by atoms with E-state index in [0.717, 1.165) is 0 Å². The van der Waals surface area contributed by atoms with Gasteiger partial charge in [0.05, 0.1) is 12.8 Å². The van der Waals surface area contributed by atoms with Gasteiger partial charge in [0.15, 0.2) is 6.10 Å². The Morgan fingerprint density at radius 1 is 1.06 bits per heavy atom. The van der Waals surface area contributed by atoms with Gasteiger partial charge >= 0.3 is 5.97 Å². The number of hydrogen-bond donors (Lipinski definition) is 1. The first-order chi connectivity index (χ1) is 16.7. The minimum atomic E-state index is -0.807. The molecule has 0 fully saturated rings. The number of carbonyl (C=O) groups is 2. The second-order valence-electron chi connectivity index (χ2n) is 8.96. The fourth-order valence-corrected chi connectivity index (χ4v) is 3.11. The molecule has 0 aliphatic carbocycles. The molecule has 3 aromatic rings. The SMILES string of the molecule is CC(Oc1ccc(C(C)(C)C)cc1)C(=O)Oc1ccc(/C=C(\C#N)C(=O)NCc2ccco2)cc1. The van der Waals surface area contributed by atoms with E-state index in [4.69, 9.17) is 13.9 Å². The minimum Gasteiger partial charge on any atom is -0.479 e. The summed E-state index contributed by atoms with van der Waals surface area (Å²) in [5, 5.41) is 12.0. The first-order valence-corrected chi connectivity index (χ1v) is 11.2. The van der Waals surface area contributed by atoms with Crippen molar-refractivity contribution in [2.75, 3.05) is 0 Å². The Morgan fingerprint density at radius 3 is 2.29 bits per heavy atom. The summed E-state index contributed by atoms with van der Waals surface area (Å²) in [6.45, 7) is 8.19. The zero-order chi connectivity index (χ0) is 25.4. The molecule has 3 rings (SSSR count). The number of esters is 1. The molecule has 1 atom stereocenters. The van der Waals surface area contributed by atoms with Gasteiger partial charge in [-0.25, -0.2) is 4.79 Å². The van der Waals surface area contributed by atoms with Crippen molar-refractivity contribution >= 4 is 18.0 Å². The highest BCUT2D eigenvalue weighted by Gasteiger charge is 2.19. The highest BCUT2D eigenvalue weighted by atomic mass is 16.6. The number of benzene rings is 2. The molecule has 0 saturated carbocycles. The Hall–Kier alpha value is -4.31. The van der Waals surface area contributed by atoms with Crippen LogP contribution in [0, 0.1) is 11.3 Å². The Kier molecular flexibility index (Phi) is 8.11. The number of ether oxygens (including phenoxy) is 2. The van der Waals surface area contributed by atoms with E-state index in [1.54, 1.807) is 43.3 Å². The van der Waals surface area contributed by atoms with Crippen LogP contribution in [0.3, 0.4) is 0 Å². The zero-order valence-corrected chi connectivity index (χ0v) is 20.2. The Morgan fingerprint density at radius 2 is 1.71 bits per heavy atom. The molecule has 0 aliphatic rings. The molecule has 0 saturated heterocycles. The van der Waals surface area contributed by atoms with Gasteiger partial charge in [-0.15, -0.1) is 0 Å². The maximum absolute atomic E-state index is 12.4. The smallest absolute Gasteiger partial charge is 0.352 e. The highest BCUT2D eigenvalue weighted by Crippen LogP contribution is 2.25. The fourth-order valence-electron chi connectivity index (χ4n) is 3.11. The van der Waals surface area contributed by atoms with Gasteiger partial charge in [-0.3, -0.25) is 4.79 Å². The third-order valence-electron chi connectivity index (χ3n) is 5.14. The molecule has 1 amide bonds. The van der Waals surface area contributed by atoms with Crippen LogP contribution in [0.5, 0.6) is 11.5 Å². The highest BCUT2D eigenvalue weighted by molar-refractivity contribution is 6.01. The Balaban J connectivity index is 1.56. The number of amides is 1. The molecule has 1 aromatic heterocycles. The topological polar surface area (TPSA) is 102 Å². The summed E-state index contributed by atoms with van der Waals surface area (Å²) in [4.78, 5) is 24.7. The van der Waals surface area contributed by atoms with Crippen LogP contribution in [-0.4, -0.2) is 18.0 Å². The number of hydrogen-bond acceptors (Lipinski definition) is 6. The first-order valence-electron chi connectivity index (χ1n) is 11.2. The lowest BCUT2D eigenvalue weighted by Gasteiger charge is -2.20. The molecular weight excluding hydrogens is 444 g/mol. The normalized spacial score (nSPS) is 12.4. The van der Waals surface area contributed by atoms with E-state index in [0.29, 0.717) is 22.8 Å². The summed E-state index contributed by atoms with van der Waals surface area (Å²) in [6.07, 6.45) is 2.16. The number of rotatable bonds is 8. The lowest BCUT2D eigenvalue weighted by Crippen LogP contribution is -2.28. The first kappa shape index (κ1) is 25.3. The molecule has 0 aliphatic heterocycles. The van der Waals surface area contributed by atoms with Gasteiger partial charge in [0.25, 0.3) is 5.91 Å². The second-order valence-corrected chi connectivity index (χ2v) is 8.96. The molecule has 0 radical (unpaired) electrons. The van der Waals surface area contributed by atoms with Gasteiger partial charge in [-0.1, -0.05) is 45.0 Å². The maximum atomic E-state index is 12.4. The molecule has 2 aromatic carbocycles. The van der Waals surface area contributed by atoms with Crippen molar-refractivity contribution in [2.45, 2.75) is 45.8 Å². The van der Waals surface area contributed by atoms with Crippen LogP contribution in [0.4, 0.5) is 0 Å². The second kappa shape index (κ2) is 11.2. The van der Waals surface area contributed by atoms with Crippen molar-refractivity contribution in [3.05, 3.63) is 89.4 Å². The van der Waals surface area contributed by atoms with E-state index >= 15 is 0 Å². The summed E-state index contributed by atoms with van der Waals surface area (Å²) in [5.41, 5.74) is 1.75. The van der Waals surface area contributed by atoms with Gasteiger partial charge in [0, 0.05) is 0 Å². The molecule has 180 valence electrons. The third kappa shape index (κ3) is 7.34. The standard InChI is InChI=1S/C28H28N2O5/c1-19(34-23-13-9-22(10-14-23)28(2,3)4)27(32)35-24-11-7-20(8-12-24)16-21(17-29)26(31)30-18-25-6-5-15-33-25/h5-16,19H,18H2,1-4H3,(H,30,31)/b21-16+. The van der Waals surface area contributed by atoms with Crippen molar-refractivity contribution in [1.82, 2.24) is 5.32 Å². The fraction of sp³-hybridized carbons (Fsp3) is 0.250. The van der Waals surface area contributed by atoms with Gasteiger partial charge in [-0.05, 0) is 65.9 Å². The van der Waals surface area contributed by atoms with Crippen LogP contribution in [-0.2, 0) is 21.5 Å². The predicted molar refractivity (Wildman–Crippen MR) is 131 cm³/mol. The maximum Gasteiger partial charge on any atom is 0.352 e. The number of nitrogens with one attached hydrogen (secondary N) is 1. The zero-order valence-electron chi connectivity index (χ0n) is 20.2. The quantitative estimate of drug-likeness (QED) is 0.210. The largest absolute Gasteiger partial charge is 0.479 e. The summed E-state index contributed by atoms with van der Waals surface area (Å²) < 4.78 is 16.3. The van der Waals surface area contributed by atoms with Gasteiger partial charge < -0.3 is 19.2 Å². The van der Waals surface area contributed by atoms with E-state index in [1.807, 2.05) is 30.3 Å². The van der Waals surface area contributed by atoms with Crippen LogP contribution in [0.2, 0.25) is 0 Å².